The SMILES string of the molecule is C=C(C)[C@@H]1C2C(=O)O[C@H]1[C@H]1OC(=O)[C@@]34O[C@@H]3C[C@]2(O)[C@@]14C. The molecule has 1 spiro atoms. The van der Waals surface area contributed by atoms with Gasteiger partial charge in [-0.2, -0.15) is 0 Å². The molecule has 2 aliphatic carbocycles. The smallest absolute Gasteiger partial charge is 0.342 e. The number of aliphatic hydroxyl groups is 1. The summed E-state index contributed by atoms with van der Waals surface area (Å²) in [6.07, 6.45) is -1.34. The van der Waals surface area contributed by atoms with Crippen molar-refractivity contribution in [2.24, 2.45) is 17.3 Å². The molecule has 0 radical (unpaired) electrons. The van der Waals surface area contributed by atoms with Crippen molar-refractivity contribution < 1.29 is 28.9 Å². The zero-order valence-corrected chi connectivity index (χ0v) is 11.8. The Bertz CT molecular complexity index is 642. The van der Waals surface area contributed by atoms with Gasteiger partial charge in [-0.15, -0.1) is 0 Å². The van der Waals surface area contributed by atoms with E-state index in [1.54, 1.807) is 6.92 Å². The third kappa shape index (κ3) is 0.874. The highest BCUT2D eigenvalue weighted by molar-refractivity contribution is 5.91. The zero-order valence-electron chi connectivity index (χ0n) is 11.8. The molecule has 0 amide bonds. The van der Waals surface area contributed by atoms with Crippen LogP contribution in [0.5, 0.6) is 0 Å². The molecule has 3 aliphatic heterocycles. The minimum Gasteiger partial charge on any atom is -0.457 e. The van der Waals surface area contributed by atoms with Crippen molar-refractivity contribution in [3.05, 3.63) is 12.2 Å². The van der Waals surface area contributed by atoms with Crippen molar-refractivity contribution in [1.82, 2.24) is 0 Å². The summed E-state index contributed by atoms with van der Waals surface area (Å²) in [7, 11) is 0. The average Bonchev–Trinajstić information content (AvgIpc) is 2.86. The average molecular weight is 292 g/mol. The third-order valence-corrected chi connectivity index (χ3v) is 6.60. The van der Waals surface area contributed by atoms with E-state index in [4.69, 9.17) is 14.2 Å². The van der Waals surface area contributed by atoms with Gasteiger partial charge in [-0.1, -0.05) is 12.2 Å². The van der Waals surface area contributed by atoms with Crippen molar-refractivity contribution in [3.8, 4) is 0 Å². The monoisotopic (exact) mass is 292 g/mol. The van der Waals surface area contributed by atoms with E-state index in [-0.39, 0.29) is 18.4 Å². The summed E-state index contributed by atoms with van der Waals surface area (Å²) in [6.45, 7) is 7.55. The first-order chi connectivity index (χ1) is 9.79. The van der Waals surface area contributed by atoms with Crippen LogP contribution in [0, 0.1) is 17.3 Å². The van der Waals surface area contributed by atoms with Crippen molar-refractivity contribution in [1.29, 1.82) is 0 Å². The van der Waals surface area contributed by atoms with Gasteiger partial charge < -0.3 is 19.3 Å². The number of rotatable bonds is 1. The van der Waals surface area contributed by atoms with E-state index in [2.05, 4.69) is 6.58 Å². The van der Waals surface area contributed by atoms with Crippen LogP contribution in [0.3, 0.4) is 0 Å². The second kappa shape index (κ2) is 2.90. The first kappa shape index (κ1) is 12.2. The first-order valence-corrected chi connectivity index (χ1v) is 7.26. The van der Waals surface area contributed by atoms with Crippen LogP contribution in [0.25, 0.3) is 0 Å². The number of ether oxygens (including phenoxy) is 3. The number of carbonyl (C=O) groups is 2. The van der Waals surface area contributed by atoms with Crippen LogP contribution < -0.4 is 0 Å². The van der Waals surface area contributed by atoms with E-state index in [1.165, 1.54) is 0 Å². The highest BCUT2D eigenvalue weighted by Crippen LogP contribution is 2.76. The zero-order chi connectivity index (χ0) is 14.9. The van der Waals surface area contributed by atoms with Gasteiger partial charge in [0.2, 0.25) is 5.60 Å². The van der Waals surface area contributed by atoms with Crippen molar-refractivity contribution >= 4 is 11.9 Å². The fraction of sp³-hybridized carbons (Fsp3) is 0.733. The second-order valence-corrected chi connectivity index (χ2v) is 7.25. The van der Waals surface area contributed by atoms with E-state index in [0.29, 0.717) is 0 Å². The lowest BCUT2D eigenvalue weighted by Gasteiger charge is -2.51. The summed E-state index contributed by atoms with van der Waals surface area (Å²) in [5.74, 6) is -1.86. The molecule has 1 unspecified atom stereocenters. The molecule has 21 heavy (non-hydrogen) atoms. The van der Waals surface area contributed by atoms with E-state index >= 15 is 0 Å². The Kier molecular flexibility index (Phi) is 1.68. The van der Waals surface area contributed by atoms with E-state index in [1.807, 2.05) is 6.92 Å². The third-order valence-electron chi connectivity index (χ3n) is 6.60. The predicted octanol–water partition coefficient (Wildman–Crippen LogP) is -0.0620. The van der Waals surface area contributed by atoms with E-state index < -0.39 is 46.7 Å². The molecule has 6 heteroatoms. The molecule has 3 heterocycles. The van der Waals surface area contributed by atoms with Gasteiger partial charge in [0, 0.05) is 12.3 Å². The second-order valence-electron chi connectivity index (χ2n) is 7.25. The number of epoxide rings is 1. The molecule has 2 saturated carbocycles. The number of carbonyl (C=O) groups excluding carboxylic acids is 2. The minimum atomic E-state index is -1.35. The summed E-state index contributed by atoms with van der Waals surface area (Å²) >= 11 is 0. The van der Waals surface area contributed by atoms with Crippen LogP contribution in [-0.2, 0) is 23.8 Å². The van der Waals surface area contributed by atoms with E-state index in [9.17, 15) is 14.7 Å². The van der Waals surface area contributed by atoms with Crippen LogP contribution >= 0.6 is 0 Å². The normalized spacial score (nSPS) is 62.0. The van der Waals surface area contributed by atoms with Crippen molar-refractivity contribution in [3.63, 3.8) is 0 Å². The molecule has 5 aliphatic rings. The molecule has 8 atom stereocenters. The van der Waals surface area contributed by atoms with Gasteiger partial charge >= 0.3 is 11.9 Å². The van der Waals surface area contributed by atoms with Gasteiger partial charge in [0.25, 0.3) is 0 Å². The van der Waals surface area contributed by atoms with E-state index in [0.717, 1.165) is 5.57 Å². The predicted molar refractivity (Wildman–Crippen MR) is 66.8 cm³/mol. The minimum absolute atomic E-state index is 0.269. The fourth-order valence-electron chi connectivity index (χ4n) is 5.59. The maximum atomic E-state index is 12.3. The number of hydrogen-bond acceptors (Lipinski definition) is 6. The van der Waals surface area contributed by atoms with Gasteiger partial charge in [-0.25, -0.2) is 4.79 Å². The molecule has 6 nitrogen and oxygen atoms in total. The summed E-state index contributed by atoms with van der Waals surface area (Å²) in [5.41, 5.74) is -2.60. The van der Waals surface area contributed by atoms with Crippen LogP contribution in [-0.4, -0.2) is 46.6 Å². The topological polar surface area (TPSA) is 85.4 Å². The quantitative estimate of drug-likeness (QED) is 0.414. The summed E-state index contributed by atoms with van der Waals surface area (Å²) in [4.78, 5) is 24.7. The Morgan fingerprint density at radius 3 is 2.76 bits per heavy atom. The fourth-order valence-corrected chi connectivity index (χ4v) is 5.59. The Balaban J connectivity index is 1.78. The highest BCUT2D eigenvalue weighted by atomic mass is 16.7. The van der Waals surface area contributed by atoms with Gasteiger partial charge in [0.05, 0.1) is 16.9 Å². The molecule has 2 bridgehead atoms. The van der Waals surface area contributed by atoms with Crippen LogP contribution in [0.2, 0.25) is 0 Å². The van der Waals surface area contributed by atoms with Gasteiger partial charge in [0.15, 0.2) is 6.10 Å². The molecule has 0 aromatic heterocycles. The molecule has 0 aromatic rings. The molecule has 5 fully saturated rings. The van der Waals surface area contributed by atoms with Gasteiger partial charge in [0.1, 0.15) is 12.2 Å². The van der Waals surface area contributed by atoms with Gasteiger partial charge in [-0.05, 0) is 13.8 Å². The Hall–Kier alpha value is -1.40. The van der Waals surface area contributed by atoms with Crippen LogP contribution in [0.15, 0.2) is 12.2 Å². The largest absolute Gasteiger partial charge is 0.457 e. The molecule has 0 aromatic carbocycles. The Labute approximate surface area is 121 Å². The molecule has 3 saturated heterocycles. The van der Waals surface area contributed by atoms with Crippen molar-refractivity contribution in [2.75, 3.05) is 0 Å². The molecule has 112 valence electrons. The molecular formula is C15H16O6. The Morgan fingerprint density at radius 2 is 2.10 bits per heavy atom. The highest BCUT2D eigenvalue weighted by Gasteiger charge is 2.95. The lowest BCUT2D eigenvalue weighted by Crippen LogP contribution is -2.66. The summed E-state index contributed by atoms with van der Waals surface area (Å²) < 4.78 is 16.6. The number of hydrogen-bond donors (Lipinski definition) is 1. The first-order valence-electron chi connectivity index (χ1n) is 7.26. The maximum absolute atomic E-state index is 12.3. The number of fused-ring (bicyclic) bond motifs is 4. The lowest BCUT2D eigenvalue weighted by atomic mass is 9.53. The van der Waals surface area contributed by atoms with Gasteiger partial charge in [-0.3, -0.25) is 4.79 Å². The summed E-state index contributed by atoms with van der Waals surface area (Å²) in [6, 6.07) is 0. The number of esters is 2. The lowest BCUT2D eigenvalue weighted by molar-refractivity contribution is -0.195. The molecule has 5 rings (SSSR count). The van der Waals surface area contributed by atoms with Crippen LogP contribution in [0.4, 0.5) is 0 Å². The molecular weight excluding hydrogens is 276 g/mol. The maximum Gasteiger partial charge on any atom is 0.342 e. The molecule has 1 N–H and O–H groups in total. The van der Waals surface area contributed by atoms with Crippen LogP contribution in [0.1, 0.15) is 20.3 Å². The standard InChI is InChI=1S/C15H16O6/c1-5(2)7-8-11(16)19-9(7)10-13(3)14(8,18)4-6-15(13,21-6)12(17)20-10/h6-10,18H,1,4H2,2-3H3/t6-,7-,8?,9-,10-,13-,14-,15+/m1/s1. The van der Waals surface area contributed by atoms with Crippen molar-refractivity contribution in [2.45, 2.75) is 49.8 Å². The summed E-state index contributed by atoms with van der Waals surface area (Å²) in [5, 5.41) is 11.4. The Morgan fingerprint density at radius 1 is 1.38 bits per heavy atom.